The van der Waals surface area contributed by atoms with Crippen molar-refractivity contribution < 1.29 is 19.0 Å². The second-order valence-corrected chi connectivity index (χ2v) is 4.67. The minimum atomic E-state index is -0.420. The zero-order valence-electron chi connectivity index (χ0n) is 12.0. The van der Waals surface area contributed by atoms with E-state index in [0.29, 0.717) is 32.2 Å². The van der Waals surface area contributed by atoms with Crippen LogP contribution in [0.15, 0.2) is 18.2 Å². The molecular weight excluding hydrogens is 261 g/mol. The molecule has 4 nitrogen and oxygen atoms in total. The topological polar surface area (TPSA) is 58.6 Å². The minimum Gasteiger partial charge on any atom is -0.494 e. The van der Waals surface area contributed by atoms with E-state index in [1.807, 2.05) is 6.92 Å². The van der Waals surface area contributed by atoms with E-state index in [0.717, 1.165) is 5.56 Å². The number of nitrogens with one attached hydrogen (secondary N) is 1. The first-order valence-electron chi connectivity index (χ1n) is 6.84. The average Bonchev–Trinajstić information content (AvgIpc) is 2.45. The molecule has 20 heavy (non-hydrogen) atoms. The number of benzene rings is 1. The van der Waals surface area contributed by atoms with Crippen LogP contribution in [0.25, 0.3) is 0 Å². The third kappa shape index (κ3) is 5.57. The first-order chi connectivity index (χ1) is 9.56. The van der Waals surface area contributed by atoms with Gasteiger partial charge in [0, 0.05) is 13.0 Å². The number of amides is 1. The third-order valence-corrected chi connectivity index (χ3v) is 3.13. The van der Waals surface area contributed by atoms with Crippen molar-refractivity contribution in [3.8, 4) is 5.75 Å². The summed E-state index contributed by atoms with van der Waals surface area (Å²) >= 11 is 0. The molecule has 1 rings (SSSR count). The summed E-state index contributed by atoms with van der Waals surface area (Å²) in [6.45, 7) is 2.36. The number of carbonyl (C=O) groups excluding carboxylic acids is 1. The molecule has 1 aromatic carbocycles. The lowest BCUT2D eigenvalue weighted by molar-refractivity contribution is -0.121. The van der Waals surface area contributed by atoms with Gasteiger partial charge in [-0.15, -0.1) is 0 Å². The van der Waals surface area contributed by atoms with Gasteiger partial charge >= 0.3 is 0 Å². The highest BCUT2D eigenvalue weighted by Crippen LogP contribution is 2.18. The molecule has 0 saturated carbocycles. The lowest BCUT2D eigenvalue weighted by Crippen LogP contribution is -2.27. The zero-order valence-corrected chi connectivity index (χ0v) is 12.0. The van der Waals surface area contributed by atoms with Gasteiger partial charge in [0.05, 0.1) is 13.2 Å². The molecule has 0 spiro atoms. The first kappa shape index (κ1) is 16.4. The Morgan fingerprint density at radius 2 is 2.25 bits per heavy atom. The Morgan fingerprint density at radius 1 is 1.50 bits per heavy atom. The standard InChI is InChI=1S/C15H22FNO3/c1-3-12(18)8-9-17-15(19)7-5-11-4-6-14(20-2)13(16)10-11/h4,6,10,12,18H,3,5,7-9H2,1-2H3,(H,17,19). The number of ether oxygens (including phenoxy) is 1. The van der Waals surface area contributed by atoms with Crippen molar-refractivity contribution in [2.24, 2.45) is 0 Å². The Kier molecular flexibility index (Phi) is 7.01. The summed E-state index contributed by atoms with van der Waals surface area (Å²) in [5, 5.41) is 12.1. The minimum absolute atomic E-state index is 0.0930. The first-order valence-corrected chi connectivity index (χ1v) is 6.84. The van der Waals surface area contributed by atoms with E-state index in [-0.39, 0.29) is 17.8 Å². The summed E-state index contributed by atoms with van der Waals surface area (Å²) in [6.07, 6.45) is 1.64. The van der Waals surface area contributed by atoms with Crippen molar-refractivity contribution in [3.63, 3.8) is 0 Å². The zero-order chi connectivity index (χ0) is 15.0. The molecule has 0 aromatic heterocycles. The van der Waals surface area contributed by atoms with E-state index in [4.69, 9.17) is 4.74 Å². The molecule has 112 valence electrons. The van der Waals surface area contributed by atoms with E-state index < -0.39 is 5.82 Å². The SMILES string of the molecule is CCC(O)CCNC(=O)CCc1ccc(OC)c(F)c1. The van der Waals surface area contributed by atoms with Crippen molar-refractivity contribution in [3.05, 3.63) is 29.6 Å². The van der Waals surface area contributed by atoms with E-state index in [2.05, 4.69) is 5.32 Å². The molecular formula is C15H22FNO3. The van der Waals surface area contributed by atoms with Gasteiger partial charge in [0.15, 0.2) is 11.6 Å². The van der Waals surface area contributed by atoms with Crippen molar-refractivity contribution >= 4 is 5.91 Å². The molecule has 0 fully saturated rings. The Hall–Kier alpha value is -1.62. The number of aliphatic hydroxyl groups excluding tert-OH is 1. The van der Waals surface area contributed by atoms with E-state index in [1.165, 1.54) is 13.2 Å². The monoisotopic (exact) mass is 283 g/mol. The highest BCUT2D eigenvalue weighted by Gasteiger charge is 2.07. The number of methoxy groups -OCH3 is 1. The summed E-state index contributed by atoms with van der Waals surface area (Å²) in [6, 6.07) is 4.68. The quantitative estimate of drug-likeness (QED) is 0.767. The maximum atomic E-state index is 13.5. The van der Waals surface area contributed by atoms with Crippen molar-refractivity contribution in [2.75, 3.05) is 13.7 Å². The molecule has 1 unspecified atom stereocenters. The van der Waals surface area contributed by atoms with Gasteiger partial charge in [-0.1, -0.05) is 13.0 Å². The van der Waals surface area contributed by atoms with Gasteiger partial charge in [0.1, 0.15) is 0 Å². The van der Waals surface area contributed by atoms with Gasteiger partial charge in [-0.3, -0.25) is 4.79 Å². The summed E-state index contributed by atoms with van der Waals surface area (Å²) < 4.78 is 18.3. The number of hydrogen-bond acceptors (Lipinski definition) is 3. The van der Waals surface area contributed by atoms with Gasteiger partial charge in [0.2, 0.25) is 5.91 Å². The molecule has 0 heterocycles. The number of carbonyl (C=O) groups is 1. The van der Waals surface area contributed by atoms with Crippen molar-refractivity contribution in [1.29, 1.82) is 0 Å². The number of hydrogen-bond donors (Lipinski definition) is 2. The van der Waals surface area contributed by atoms with Gasteiger partial charge < -0.3 is 15.2 Å². The predicted octanol–water partition coefficient (Wildman–Crippen LogP) is 2.04. The fraction of sp³-hybridized carbons (Fsp3) is 0.533. The smallest absolute Gasteiger partial charge is 0.220 e. The van der Waals surface area contributed by atoms with Crippen LogP contribution < -0.4 is 10.1 Å². The number of halogens is 1. The van der Waals surface area contributed by atoms with Crippen LogP contribution in [0.1, 0.15) is 31.7 Å². The van der Waals surface area contributed by atoms with Gasteiger partial charge in [-0.2, -0.15) is 0 Å². The molecule has 0 aliphatic rings. The van der Waals surface area contributed by atoms with E-state index in [9.17, 15) is 14.3 Å². The Bertz CT molecular complexity index is 437. The van der Waals surface area contributed by atoms with Crippen LogP contribution in [-0.2, 0) is 11.2 Å². The average molecular weight is 283 g/mol. The number of aliphatic hydroxyl groups is 1. The summed E-state index contributed by atoms with van der Waals surface area (Å²) in [5.74, 6) is -0.312. The maximum absolute atomic E-state index is 13.5. The molecule has 0 aliphatic heterocycles. The van der Waals surface area contributed by atoms with Crippen LogP contribution >= 0.6 is 0 Å². The summed E-state index contributed by atoms with van der Waals surface area (Å²) in [4.78, 5) is 11.6. The molecule has 0 saturated heterocycles. The molecule has 1 atom stereocenters. The van der Waals surface area contributed by atoms with Crippen LogP contribution in [0.5, 0.6) is 5.75 Å². The highest BCUT2D eigenvalue weighted by atomic mass is 19.1. The Morgan fingerprint density at radius 3 is 2.85 bits per heavy atom. The summed E-state index contributed by atoms with van der Waals surface area (Å²) in [7, 11) is 1.41. The second-order valence-electron chi connectivity index (χ2n) is 4.67. The van der Waals surface area contributed by atoms with E-state index >= 15 is 0 Å². The second kappa shape index (κ2) is 8.53. The molecule has 5 heteroatoms. The summed E-state index contributed by atoms with van der Waals surface area (Å²) in [5.41, 5.74) is 0.757. The number of rotatable bonds is 8. The van der Waals surface area contributed by atoms with Crippen LogP contribution in [0.2, 0.25) is 0 Å². The fourth-order valence-electron chi connectivity index (χ4n) is 1.79. The fourth-order valence-corrected chi connectivity index (χ4v) is 1.79. The third-order valence-electron chi connectivity index (χ3n) is 3.13. The lowest BCUT2D eigenvalue weighted by Gasteiger charge is -2.09. The largest absolute Gasteiger partial charge is 0.494 e. The normalized spacial score (nSPS) is 12.0. The van der Waals surface area contributed by atoms with Crippen LogP contribution in [0, 0.1) is 5.82 Å². The predicted molar refractivity (Wildman–Crippen MR) is 75.2 cm³/mol. The number of aryl methyl sites for hydroxylation is 1. The van der Waals surface area contributed by atoms with Crippen molar-refractivity contribution in [2.45, 2.75) is 38.7 Å². The maximum Gasteiger partial charge on any atom is 0.220 e. The molecule has 0 radical (unpaired) electrons. The highest BCUT2D eigenvalue weighted by molar-refractivity contribution is 5.76. The molecule has 2 N–H and O–H groups in total. The van der Waals surface area contributed by atoms with Crippen LogP contribution in [-0.4, -0.2) is 30.8 Å². The molecule has 0 aliphatic carbocycles. The lowest BCUT2D eigenvalue weighted by atomic mass is 10.1. The van der Waals surface area contributed by atoms with Gasteiger partial charge in [0.25, 0.3) is 0 Å². The van der Waals surface area contributed by atoms with Gasteiger partial charge in [-0.05, 0) is 37.0 Å². The Balaban J connectivity index is 2.32. The molecule has 1 aromatic rings. The van der Waals surface area contributed by atoms with Crippen LogP contribution in [0.4, 0.5) is 4.39 Å². The van der Waals surface area contributed by atoms with Gasteiger partial charge in [-0.25, -0.2) is 4.39 Å². The molecule has 0 bridgehead atoms. The molecule has 1 amide bonds. The van der Waals surface area contributed by atoms with Crippen molar-refractivity contribution in [1.82, 2.24) is 5.32 Å². The van der Waals surface area contributed by atoms with E-state index in [1.54, 1.807) is 12.1 Å². The Labute approximate surface area is 119 Å². The van der Waals surface area contributed by atoms with Crippen LogP contribution in [0.3, 0.4) is 0 Å².